The van der Waals surface area contributed by atoms with Crippen LogP contribution in [0.1, 0.15) is 129 Å². The third-order valence-corrected chi connectivity index (χ3v) is 8.90. The Bertz CT molecular complexity index is 500. The second-order valence-corrected chi connectivity index (χ2v) is 10.8. The highest BCUT2D eigenvalue weighted by atomic mass is 14.6. The molecule has 3 aliphatic carbocycles. The summed E-state index contributed by atoms with van der Waals surface area (Å²) in [6, 6.07) is 0. The summed E-state index contributed by atoms with van der Waals surface area (Å²) in [4.78, 5) is 0. The van der Waals surface area contributed by atoms with E-state index >= 15 is 0 Å². The molecule has 166 valence electrons. The van der Waals surface area contributed by atoms with Crippen molar-refractivity contribution in [1.82, 2.24) is 0 Å². The highest BCUT2D eigenvalue weighted by Crippen LogP contribution is 2.64. The van der Waals surface area contributed by atoms with E-state index in [0.717, 1.165) is 23.7 Å². The van der Waals surface area contributed by atoms with E-state index in [4.69, 9.17) is 0 Å². The maximum absolute atomic E-state index is 2.60. The summed E-state index contributed by atoms with van der Waals surface area (Å²) in [5.41, 5.74) is 0.681. The summed E-state index contributed by atoms with van der Waals surface area (Å²) in [6.07, 6.45) is 36.5. The minimum absolute atomic E-state index is 0.681. The van der Waals surface area contributed by atoms with Gasteiger partial charge in [-0.3, -0.25) is 0 Å². The van der Waals surface area contributed by atoms with Crippen LogP contribution >= 0.6 is 0 Å². The molecule has 29 heavy (non-hydrogen) atoms. The van der Waals surface area contributed by atoms with Crippen LogP contribution in [0.25, 0.3) is 0 Å². The van der Waals surface area contributed by atoms with Crippen molar-refractivity contribution < 1.29 is 0 Å². The summed E-state index contributed by atoms with van der Waals surface area (Å²) >= 11 is 0. The maximum atomic E-state index is 2.60. The van der Waals surface area contributed by atoms with Crippen LogP contribution in [0.2, 0.25) is 0 Å². The van der Waals surface area contributed by atoms with Crippen LogP contribution in [0.5, 0.6) is 0 Å². The van der Waals surface area contributed by atoms with Gasteiger partial charge in [-0.25, -0.2) is 0 Å². The van der Waals surface area contributed by atoms with Crippen LogP contribution < -0.4 is 0 Å². The van der Waals surface area contributed by atoms with Gasteiger partial charge in [-0.05, 0) is 61.2 Å². The molecule has 5 atom stereocenters. The molecule has 3 rings (SSSR count). The van der Waals surface area contributed by atoms with Gasteiger partial charge in [-0.2, -0.15) is 0 Å². The van der Waals surface area contributed by atoms with Crippen molar-refractivity contribution in [1.29, 1.82) is 0 Å². The average Bonchev–Trinajstić information content (AvgIpc) is 3.08. The Balaban J connectivity index is 1.59. The van der Waals surface area contributed by atoms with Crippen LogP contribution in [-0.2, 0) is 0 Å². The van der Waals surface area contributed by atoms with Crippen LogP contribution in [0.4, 0.5) is 0 Å². The first kappa shape index (κ1) is 23.1. The average molecular weight is 399 g/mol. The highest BCUT2D eigenvalue weighted by Gasteiger charge is 2.55. The van der Waals surface area contributed by atoms with Gasteiger partial charge >= 0.3 is 0 Å². The van der Waals surface area contributed by atoms with Gasteiger partial charge in [-0.15, -0.1) is 0 Å². The molecule has 0 aromatic carbocycles. The first-order chi connectivity index (χ1) is 14.3. The normalized spacial score (nSPS) is 33.0. The summed E-state index contributed by atoms with van der Waals surface area (Å²) < 4.78 is 0. The zero-order chi connectivity index (χ0) is 20.4. The van der Waals surface area contributed by atoms with Gasteiger partial charge in [-0.1, -0.05) is 122 Å². The molecular formula is C29H50. The lowest BCUT2D eigenvalue weighted by atomic mass is 9.57. The molecule has 0 bridgehead atoms. The Morgan fingerprint density at radius 1 is 0.724 bits per heavy atom. The molecule has 0 saturated heterocycles. The molecule has 2 saturated carbocycles. The highest BCUT2D eigenvalue weighted by molar-refractivity contribution is 5.22. The van der Waals surface area contributed by atoms with E-state index in [2.05, 4.69) is 38.2 Å². The van der Waals surface area contributed by atoms with E-state index in [9.17, 15) is 0 Å². The molecule has 0 aromatic rings. The fourth-order valence-corrected chi connectivity index (χ4v) is 7.43. The fraction of sp³-hybridized carbons (Fsp3) is 0.862. The van der Waals surface area contributed by atoms with E-state index < -0.39 is 0 Å². The Labute approximate surface area is 183 Å². The van der Waals surface area contributed by atoms with Crippen molar-refractivity contribution in [3.05, 3.63) is 24.3 Å². The van der Waals surface area contributed by atoms with Gasteiger partial charge in [0.05, 0.1) is 0 Å². The SMILES string of the molecule is CCCCCCCCC1CCCC2C3C=CC=CC3CC12CCCCCCCC. The second kappa shape index (κ2) is 12.4. The van der Waals surface area contributed by atoms with E-state index in [1.807, 2.05) is 0 Å². The van der Waals surface area contributed by atoms with Crippen molar-refractivity contribution in [3.63, 3.8) is 0 Å². The van der Waals surface area contributed by atoms with Gasteiger partial charge in [0.1, 0.15) is 0 Å². The lowest BCUT2D eigenvalue weighted by Gasteiger charge is -2.48. The largest absolute Gasteiger partial charge is 0.0808 e. The predicted octanol–water partition coefficient (Wildman–Crippen LogP) is 9.65. The number of fused-ring (bicyclic) bond motifs is 3. The summed E-state index contributed by atoms with van der Waals surface area (Å²) in [6.45, 7) is 4.66. The number of hydrogen-bond donors (Lipinski definition) is 0. The maximum Gasteiger partial charge on any atom is -0.0133 e. The lowest BCUT2D eigenvalue weighted by Crippen LogP contribution is -2.39. The van der Waals surface area contributed by atoms with Crippen LogP contribution in [0.3, 0.4) is 0 Å². The second-order valence-electron chi connectivity index (χ2n) is 10.8. The van der Waals surface area contributed by atoms with Crippen molar-refractivity contribution in [2.45, 2.75) is 129 Å². The quantitative estimate of drug-likeness (QED) is 0.255. The van der Waals surface area contributed by atoms with E-state index in [1.54, 1.807) is 6.42 Å². The Kier molecular flexibility index (Phi) is 9.87. The van der Waals surface area contributed by atoms with Gasteiger partial charge in [0.25, 0.3) is 0 Å². The molecular weight excluding hydrogens is 348 g/mol. The minimum Gasteiger partial charge on any atom is -0.0808 e. The predicted molar refractivity (Wildman–Crippen MR) is 129 cm³/mol. The van der Waals surface area contributed by atoms with Crippen molar-refractivity contribution in [2.24, 2.45) is 29.1 Å². The molecule has 0 nitrogen and oxygen atoms in total. The fourth-order valence-electron chi connectivity index (χ4n) is 7.43. The molecule has 0 heterocycles. The van der Waals surface area contributed by atoms with Gasteiger partial charge in [0.2, 0.25) is 0 Å². The molecule has 0 heteroatoms. The summed E-state index contributed by atoms with van der Waals surface area (Å²) in [5, 5.41) is 0. The molecule has 0 spiro atoms. The molecule has 5 unspecified atom stereocenters. The van der Waals surface area contributed by atoms with Crippen LogP contribution in [0.15, 0.2) is 24.3 Å². The monoisotopic (exact) mass is 398 g/mol. The number of hydrogen-bond acceptors (Lipinski definition) is 0. The van der Waals surface area contributed by atoms with E-state index in [1.165, 1.54) is 109 Å². The standard InChI is InChI=1S/C29H50/c1-3-5-7-9-11-13-19-26-20-17-22-28-27-21-15-14-18-25(27)24-29(26,28)23-16-12-10-8-6-4-2/h14-15,18,21,25-28H,3-13,16-17,19-20,22-24H2,1-2H3. The minimum atomic E-state index is 0.681. The van der Waals surface area contributed by atoms with Crippen LogP contribution in [-0.4, -0.2) is 0 Å². The molecule has 0 radical (unpaired) electrons. The molecule has 0 amide bonds. The molecule has 0 aromatic heterocycles. The first-order valence-corrected chi connectivity index (χ1v) is 13.7. The number of rotatable bonds is 14. The Morgan fingerprint density at radius 2 is 1.38 bits per heavy atom. The number of allylic oxidation sites excluding steroid dienone is 4. The third kappa shape index (κ3) is 6.01. The molecule has 0 N–H and O–H groups in total. The number of unbranched alkanes of at least 4 members (excludes halogenated alkanes) is 10. The summed E-state index contributed by atoms with van der Waals surface area (Å²) in [7, 11) is 0. The molecule has 2 fully saturated rings. The van der Waals surface area contributed by atoms with Crippen molar-refractivity contribution in [3.8, 4) is 0 Å². The van der Waals surface area contributed by atoms with E-state index in [-0.39, 0.29) is 0 Å². The topological polar surface area (TPSA) is 0 Å². The first-order valence-electron chi connectivity index (χ1n) is 13.7. The Hall–Kier alpha value is -0.520. The van der Waals surface area contributed by atoms with Gasteiger partial charge in [0, 0.05) is 0 Å². The van der Waals surface area contributed by atoms with Crippen LogP contribution in [0, 0.1) is 29.1 Å². The molecule has 0 aliphatic heterocycles. The molecule has 3 aliphatic rings. The van der Waals surface area contributed by atoms with E-state index in [0.29, 0.717) is 5.41 Å². The smallest absolute Gasteiger partial charge is 0.0133 e. The Morgan fingerprint density at radius 3 is 2.14 bits per heavy atom. The summed E-state index contributed by atoms with van der Waals surface area (Å²) in [5.74, 6) is 3.74. The van der Waals surface area contributed by atoms with Gasteiger partial charge < -0.3 is 0 Å². The van der Waals surface area contributed by atoms with Crippen molar-refractivity contribution >= 4 is 0 Å². The zero-order valence-electron chi connectivity index (χ0n) is 19.8. The third-order valence-electron chi connectivity index (χ3n) is 8.90. The van der Waals surface area contributed by atoms with Crippen molar-refractivity contribution in [2.75, 3.05) is 0 Å². The lowest BCUT2D eigenvalue weighted by molar-refractivity contribution is 0.0201. The van der Waals surface area contributed by atoms with Gasteiger partial charge in [0.15, 0.2) is 0 Å². The zero-order valence-corrected chi connectivity index (χ0v) is 19.8.